The fourth-order valence-electron chi connectivity index (χ4n) is 3.60. The minimum absolute atomic E-state index is 0.106. The van der Waals surface area contributed by atoms with Crippen molar-refractivity contribution in [2.24, 2.45) is 0 Å². The summed E-state index contributed by atoms with van der Waals surface area (Å²) >= 11 is 0. The molecule has 0 saturated heterocycles. The molecule has 2 heterocycles. The summed E-state index contributed by atoms with van der Waals surface area (Å²) in [7, 11) is -2.88. The van der Waals surface area contributed by atoms with Gasteiger partial charge in [0.1, 0.15) is 5.75 Å². The standard InChI is InChI=1S/C21H21F3N2O4S/c22-21(23,24)15-4-6-17-14(2-1-8-30-19(17)11-15)10-20(27)25-16-5-3-13-7-9-31(28,29)26-18(13)12-16/h3-6,10-12,26,28-29H,1-2,7-9H2,(H,25,27)/b14-10+. The van der Waals surface area contributed by atoms with E-state index in [4.69, 9.17) is 4.74 Å². The molecular weight excluding hydrogens is 433 g/mol. The second-order valence-corrected chi connectivity index (χ2v) is 9.36. The molecule has 0 aliphatic carbocycles. The Kier molecular flexibility index (Phi) is 5.63. The van der Waals surface area contributed by atoms with Crippen molar-refractivity contribution >= 4 is 33.6 Å². The number of nitrogens with one attached hydrogen (secondary N) is 2. The lowest BCUT2D eigenvalue weighted by molar-refractivity contribution is -0.137. The zero-order valence-electron chi connectivity index (χ0n) is 16.3. The fraction of sp³-hybridized carbons (Fsp3) is 0.286. The van der Waals surface area contributed by atoms with Crippen molar-refractivity contribution < 1.29 is 31.8 Å². The van der Waals surface area contributed by atoms with E-state index in [2.05, 4.69) is 10.0 Å². The molecule has 2 aliphatic heterocycles. The Bertz CT molecular complexity index is 1050. The van der Waals surface area contributed by atoms with Crippen LogP contribution in [-0.4, -0.2) is 27.4 Å². The SMILES string of the molecule is O=C(/C=C1\CCCOc2cc(C(F)(F)F)ccc21)Nc1ccc2c(c1)NS(O)(O)CC2. The molecule has 0 aromatic heterocycles. The van der Waals surface area contributed by atoms with Gasteiger partial charge in [-0.3, -0.25) is 18.6 Å². The minimum atomic E-state index is -4.48. The van der Waals surface area contributed by atoms with E-state index in [-0.39, 0.29) is 18.1 Å². The highest BCUT2D eigenvalue weighted by molar-refractivity contribution is 8.25. The summed E-state index contributed by atoms with van der Waals surface area (Å²) in [5.41, 5.74) is 2.17. The summed E-state index contributed by atoms with van der Waals surface area (Å²) in [6.07, 6.45) is -1.55. The molecule has 31 heavy (non-hydrogen) atoms. The van der Waals surface area contributed by atoms with Gasteiger partial charge in [0.2, 0.25) is 5.91 Å². The van der Waals surface area contributed by atoms with E-state index in [9.17, 15) is 27.1 Å². The van der Waals surface area contributed by atoms with E-state index < -0.39 is 28.4 Å². The van der Waals surface area contributed by atoms with Crippen LogP contribution in [0.3, 0.4) is 0 Å². The molecule has 4 N–H and O–H groups in total. The lowest BCUT2D eigenvalue weighted by atomic mass is 9.99. The average molecular weight is 454 g/mol. The second-order valence-electron chi connectivity index (χ2n) is 7.41. The number of carbonyl (C=O) groups is 1. The number of carbonyl (C=O) groups excluding carboxylic acids is 1. The Morgan fingerprint density at radius 3 is 2.74 bits per heavy atom. The van der Waals surface area contributed by atoms with Crippen molar-refractivity contribution in [3.8, 4) is 5.75 Å². The van der Waals surface area contributed by atoms with E-state index in [1.54, 1.807) is 18.2 Å². The zero-order valence-corrected chi connectivity index (χ0v) is 17.1. The monoisotopic (exact) mass is 454 g/mol. The van der Waals surface area contributed by atoms with Crippen LogP contribution in [-0.2, 0) is 17.4 Å². The summed E-state index contributed by atoms with van der Waals surface area (Å²) in [5.74, 6) is -0.102. The third-order valence-corrected chi connectivity index (χ3v) is 6.44. The van der Waals surface area contributed by atoms with Crippen molar-refractivity contribution in [2.75, 3.05) is 22.4 Å². The topological polar surface area (TPSA) is 90.8 Å². The van der Waals surface area contributed by atoms with Crippen molar-refractivity contribution in [1.82, 2.24) is 0 Å². The predicted molar refractivity (Wildman–Crippen MR) is 114 cm³/mol. The summed E-state index contributed by atoms with van der Waals surface area (Å²) in [4.78, 5) is 12.6. The second kappa shape index (κ2) is 8.10. The maximum absolute atomic E-state index is 13.0. The number of ether oxygens (including phenoxy) is 1. The van der Waals surface area contributed by atoms with Gasteiger partial charge in [-0.25, -0.2) is 0 Å². The van der Waals surface area contributed by atoms with Crippen molar-refractivity contribution in [3.05, 3.63) is 59.2 Å². The number of hydrogen-bond donors (Lipinski definition) is 4. The Labute approximate surface area is 178 Å². The molecule has 1 amide bonds. The van der Waals surface area contributed by atoms with Gasteiger partial charge in [0.15, 0.2) is 0 Å². The number of benzene rings is 2. The number of fused-ring (bicyclic) bond motifs is 2. The molecule has 0 unspecified atom stereocenters. The van der Waals surface area contributed by atoms with Crippen LogP contribution in [0.15, 0.2) is 42.5 Å². The number of rotatable bonds is 2. The number of hydrogen-bond acceptors (Lipinski definition) is 5. The number of amides is 1. The molecule has 0 bridgehead atoms. The quantitative estimate of drug-likeness (QED) is 0.448. The first kappa shape index (κ1) is 21.5. The van der Waals surface area contributed by atoms with Crippen LogP contribution in [0.2, 0.25) is 0 Å². The Morgan fingerprint density at radius 2 is 1.97 bits per heavy atom. The molecule has 0 atom stereocenters. The van der Waals surface area contributed by atoms with Gasteiger partial charge >= 0.3 is 6.18 Å². The van der Waals surface area contributed by atoms with Gasteiger partial charge in [0.25, 0.3) is 0 Å². The highest BCUT2D eigenvalue weighted by atomic mass is 32.3. The molecule has 2 aromatic rings. The van der Waals surface area contributed by atoms with Crippen molar-refractivity contribution in [3.63, 3.8) is 0 Å². The third kappa shape index (κ3) is 4.97. The Hall–Kier alpha value is -2.69. The first-order valence-corrected chi connectivity index (χ1v) is 11.3. The molecule has 4 rings (SSSR count). The molecular formula is C21H21F3N2O4S. The van der Waals surface area contributed by atoms with E-state index in [1.807, 2.05) is 0 Å². The summed E-state index contributed by atoms with van der Waals surface area (Å²) in [6.45, 7) is 0.260. The van der Waals surface area contributed by atoms with Gasteiger partial charge in [-0.2, -0.15) is 13.2 Å². The average Bonchev–Trinajstić information content (AvgIpc) is 2.88. The van der Waals surface area contributed by atoms with Gasteiger partial charge in [-0.05, 0) is 54.7 Å². The van der Waals surface area contributed by atoms with Crippen LogP contribution < -0.4 is 14.8 Å². The molecule has 2 aromatic carbocycles. The number of halogens is 3. The minimum Gasteiger partial charge on any atom is -0.493 e. The number of allylic oxidation sites excluding steroid dienone is 1. The first-order valence-electron chi connectivity index (χ1n) is 9.63. The van der Waals surface area contributed by atoms with Crippen molar-refractivity contribution in [1.29, 1.82) is 0 Å². The maximum atomic E-state index is 13.0. The molecule has 10 heteroatoms. The van der Waals surface area contributed by atoms with E-state index in [0.717, 1.165) is 17.7 Å². The summed E-state index contributed by atoms with van der Waals surface area (Å²) in [6, 6.07) is 8.41. The van der Waals surface area contributed by atoms with Crippen LogP contribution in [0.4, 0.5) is 24.5 Å². The molecule has 0 saturated carbocycles. The smallest absolute Gasteiger partial charge is 0.416 e. The van der Waals surface area contributed by atoms with Gasteiger partial charge in [0.05, 0.1) is 23.6 Å². The number of anilines is 2. The van der Waals surface area contributed by atoms with Gasteiger partial charge in [-0.1, -0.05) is 12.1 Å². The number of aryl methyl sites for hydroxylation is 1. The van der Waals surface area contributed by atoms with Gasteiger partial charge < -0.3 is 10.1 Å². The van der Waals surface area contributed by atoms with E-state index in [0.29, 0.717) is 41.8 Å². The normalized spacial score (nSPS) is 19.8. The summed E-state index contributed by atoms with van der Waals surface area (Å²) < 4.78 is 66.9. The van der Waals surface area contributed by atoms with Gasteiger partial charge in [0, 0.05) is 17.3 Å². The van der Waals surface area contributed by atoms with Crippen LogP contribution in [0, 0.1) is 0 Å². The van der Waals surface area contributed by atoms with Crippen LogP contribution in [0.25, 0.3) is 5.57 Å². The lowest BCUT2D eigenvalue weighted by Crippen LogP contribution is -2.21. The van der Waals surface area contributed by atoms with Gasteiger partial charge in [-0.15, -0.1) is 10.8 Å². The predicted octanol–water partition coefficient (Wildman–Crippen LogP) is 5.53. The molecule has 0 spiro atoms. The van der Waals surface area contributed by atoms with Crippen LogP contribution in [0.5, 0.6) is 5.75 Å². The van der Waals surface area contributed by atoms with Crippen LogP contribution >= 0.6 is 10.8 Å². The fourth-order valence-corrected chi connectivity index (χ4v) is 4.74. The summed E-state index contributed by atoms with van der Waals surface area (Å²) in [5, 5.41) is 2.72. The maximum Gasteiger partial charge on any atom is 0.416 e. The van der Waals surface area contributed by atoms with Crippen LogP contribution in [0.1, 0.15) is 29.5 Å². The first-order chi connectivity index (χ1) is 14.6. The van der Waals surface area contributed by atoms with E-state index >= 15 is 0 Å². The highest BCUT2D eigenvalue weighted by Gasteiger charge is 2.32. The molecule has 166 valence electrons. The zero-order chi connectivity index (χ0) is 22.2. The Morgan fingerprint density at radius 1 is 1.16 bits per heavy atom. The highest BCUT2D eigenvalue weighted by Crippen LogP contribution is 2.45. The molecule has 6 nitrogen and oxygen atoms in total. The van der Waals surface area contributed by atoms with E-state index in [1.165, 1.54) is 12.1 Å². The molecule has 0 fully saturated rings. The molecule has 2 aliphatic rings. The molecule has 0 radical (unpaired) electrons. The Balaban J connectivity index is 1.56. The number of alkyl halides is 3. The third-order valence-electron chi connectivity index (χ3n) is 5.12. The lowest BCUT2D eigenvalue weighted by Gasteiger charge is -2.38. The van der Waals surface area contributed by atoms with Crippen molar-refractivity contribution in [2.45, 2.75) is 25.4 Å². The largest absolute Gasteiger partial charge is 0.493 e.